The molecule has 4 nitrogen and oxygen atoms in total. The number of carbonyl (C=O) groups excluding carboxylic acids is 1. The topological polar surface area (TPSA) is 50.7 Å². The summed E-state index contributed by atoms with van der Waals surface area (Å²) in [5, 5.41) is 4.17. The van der Waals surface area contributed by atoms with Gasteiger partial charge in [-0.2, -0.15) is 5.10 Å². The second kappa shape index (κ2) is 7.09. The molecule has 0 aromatic heterocycles. The van der Waals surface area contributed by atoms with Gasteiger partial charge in [0.15, 0.2) is 5.71 Å². The van der Waals surface area contributed by atoms with E-state index >= 15 is 0 Å². The van der Waals surface area contributed by atoms with E-state index in [0.717, 1.165) is 11.3 Å². The highest BCUT2D eigenvalue weighted by atomic mass is 16.5. The molecule has 0 bridgehead atoms. The number of hydrogen-bond donors (Lipinski definition) is 1. The van der Waals surface area contributed by atoms with E-state index in [1.807, 2.05) is 60.7 Å². The molecule has 0 saturated heterocycles. The molecule has 102 valence electrons. The lowest BCUT2D eigenvalue weighted by molar-refractivity contribution is -0.134. The smallest absolute Gasteiger partial charge is 0.359 e. The molecule has 0 aliphatic rings. The molecule has 2 aromatic carbocycles. The van der Waals surface area contributed by atoms with E-state index in [2.05, 4.69) is 10.5 Å². The number of para-hydroxylation sites is 1. The first kappa shape index (κ1) is 13.8. The van der Waals surface area contributed by atoms with Gasteiger partial charge in [-0.3, -0.25) is 5.43 Å². The van der Waals surface area contributed by atoms with Gasteiger partial charge in [-0.25, -0.2) is 4.79 Å². The van der Waals surface area contributed by atoms with Gasteiger partial charge in [0.05, 0.1) is 12.3 Å². The first-order chi connectivity index (χ1) is 9.81. The number of hydrogen-bond acceptors (Lipinski definition) is 4. The van der Waals surface area contributed by atoms with E-state index in [9.17, 15) is 4.79 Å². The average molecular weight is 268 g/mol. The van der Waals surface area contributed by atoms with Gasteiger partial charge in [0, 0.05) is 5.56 Å². The first-order valence-electron chi connectivity index (χ1n) is 6.42. The molecular weight excluding hydrogens is 252 g/mol. The van der Waals surface area contributed by atoms with E-state index in [1.165, 1.54) is 0 Å². The largest absolute Gasteiger partial charge is 0.461 e. The molecule has 4 heteroatoms. The van der Waals surface area contributed by atoms with Crippen LogP contribution >= 0.6 is 0 Å². The highest BCUT2D eigenvalue weighted by Crippen LogP contribution is 2.08. The third kappa shape index (κ3) is 3.68. The Morgan fingerprint density at radius 2 is 1.65 bits per heavy atom. The third-order valence-corrected chi connectivity index (χ3v) is 2.59. The van der Waals surface area contributed by atoms with E-state index in [-0.39, 0.29) is 5.71 Å². The molecule has 0 saturated carbocycles. The summed E-state index contributed by atoms with van der Waals surface area (Å²) in [6.07, 6.45) is 0. The van der Waals surface area contributed by atoms with Gasteiger partial charge in [-0.15, -0.1) is 0 Å². The standard InChI is InChI=1S/C16H16N2O2/c1-2-20-16(19)15(13-9-5-3-6-10-13)18-17-14-11-7-4-8-12-14/h3-12,17H,2H2,1H3/b18-15+. The zero-order valence-corrected chi connectivity index (χ0v) is 11.2. The van der Waals surface area contributed by atoms with Crippen LogP contribution in [0.2, 0.25) is 0 Å². The van der Waals surface area contributed by atoms with Crippen LogP contribution < -0.4 is 5.43 Å². The first-order valence-corrected chi connectivity index (χ1v) is 6.42. The summed E-state index contributed by atoms with van der Waals surface area (Å²) in [5.41, 5.74) is 4.66. The van der Waals surface area contributed by atoms with E-state index in [4.69, 9.17) is 4.74 Å². The Kier molecular flexibility index (Phi) is 4.89. The van der Waals surface area contributed by atoms with Crippen molar-refractivity contribution in [3.05, 3.63) is 66.2 Å². The number of carbonyl (C=O) groups is 1. The van der Waals surface area contributed by atoms with Crippen LogP contribution in [0.1, 0.15) is 12.5 Å². The highest BCUT2D eigenvalue weighted by molar-refractivity contribution is 6.43. The predicted molar refractivity (Wildman–Crippen MR) is 79.7 cm³/mol. The number of hydrazone groups is 1. The number of nitrogens with one attached hydrogen (secondary N) is 1. The summed E-state index contributed by atoms with van der Waals surface area (Å²) in [7, 11) is 0. The molecule has 0 heterocycles. The van der Waals surface area contributed by atoms with Gasteiger partial charge in [-0.05, 0) is 19.1 Å². The van der Waals surface area contributed by atoms with Crippen LogP contribution in [0.4, 0.5) is 5.69 Å². The molecule has 0 amide bonds. The van der Waals surface area contributed by atoms with Crippen molar-refractivity contribution in [2.45, 2.75) is 6.92 Å². The quantitative estimate of drug-likeness (QED) is 0.515. The molecule has 20 heavy (non-hydrogen) atoms. The molecule has 0 fully saturated rings. The van der Waals surface area contributed by atoms with Gasteiger partial charge < -0.3 is 4.74 Å². The van der Waals surface area contributed by atoms with Crippen molar-refractivity contribution >= 4 is 17.4 Å². The lowest BCUT2D eigenvalue weighted by Crippen LogP contribution is -2.20. The maximum atomic E-state index is 12.0. The lowest BCUT2D eigenvalue weighted by Gasteiger charge is -2.07. The molecule has 0 radical (unpaired) electrons. The third-order valence-electron chi connectivity index (χ3n) is 2.59. The van der Waals surface area contributed by atoms with Gasteiger partial charge >= 0.3 is 5.97 Å². The van der Waals surface area contributed by atoms with Crippen molar-refractivity contribution in [2.75, 3.05) is 12.0 Å². The Morgan fingerprint density at radius 3 is 2.25 bits per heavy atom. The van der Waals surface area contributed by atoms with Crippen molar-refractivity contribution in [1.29, 1.82) is 0 Å². The fourth-order valence-electron chi connectivity index (χ4n) is 1.66. The number of nitrogens with zero attached hydrogens (tertiary/aromatic N) is 1. The average Bonchev–Trinajstić information content (AvgIpc) is 2.50. The van der Waals surface area contributed by atoms with Crippen LogP contribution in [-0.2, 0) is 9.53 Å². The molecular formula is C16H16N2O2. The van der Waals surface area contributed by atoms with Crippen molar-refractivity contribution in [2.24, 2.45) is 5.10 Å². The normalized spacial score (nSPS) is 10.9. The number of anilines is 1. The molecule has 0 atom stereocenters. The number of benzene rings is 2. The summed E-state index contributed by atoms with van der Waals surface area (Å²) in [4.78, 5) is 12.0. The van der Waals surface area contributed by atoms with Crippen LogP contribution in [-0.4, -0.2) is 18.3 Å². The molecule has 1 N–H and O–H groups in total. The van der Waals surface area contributed by atoms with Crippen molar-refractivity contribution in [3.8, 4) is 0 Å². The SMILES string of the molecule is CCOC(=O)/C(=N/Nc1ccccc1)c1ccccc1. The maximum Gasteiger partial charge on any atom is 0.359 e. The summed E-state index contributed by atoms with van der Waals surface area (Å²) < 4.78 is 5.04. The fraction of sp³-hybridized carbons (Fsp3) is 0.125. The molecule has 0 unspecified atom stereocenters. The molecule has 2 aromatic rings. The number of esters is 1. The van der Waals surface area contributed by atoms with Crippen molar-refractivity contribution in [1.82, 2.24) is 0 Å². The van der Waals surface area contributed by atoms with E-state index in [0.29, 0.717) is 6.61 Å². The minimum absolute atomic E-state index is 0.260. The molecule has 0 aliphatic heterocycles. The summed E-state index contributed by atoms with van der Waals surface area (Å²) in [6, 6.07) is 18.7. The van der Waals surface area contributed by atoms with E-state index in [1.54, 1.807) is 6.92 Å². The van der Waals surface area contributed by atoms with Crippen LogP contribution in [0.15, 0.2) is 65.8 Å². The lowest BCUT2D eigenvalue weighted by atomic mass is 10.1. The second-order valence-electron chi connectivity index (χ2n) is 4.02. The summed E-state index contributed by atoms with van der Waals surface area (Å²) in [5.74, 6) is -0.442. The zero-order chi connectivity index (χ0) is 14.2. The van der Waals surface area contributed by atoms with Crippen LogP contribution in [0.3, 0.4) is 0 Å². The minimum Gasteiger partial charge on any atom is -0.461 e. The van der Waals surface area contributed by atoms with E-state index < -0.39 is 5.97 Å². The Balaban J connectivity index is 2.25. The highest BCUT2D eigenvalue weighted by Gasteiger charge is 2.15. The second-order valence-corrected chi connectivity index (χ2v) is 4.02. The van der Waals surface area contributed by atoms with Gasteiger partial charge in [0.25, 0.3) is 0 Å². The van der Waals surface area contributed by atoms with Crippen molar-refractivity contribution in [3.63, 3.8) is 0 Å². The predicted octanol–water partition coefficient (Wildman–Crippen LogP) is 3.07. The Hall–Kier alpha value is -2.62. The van der Waals surface area contributed by atoms with Crippen molar-refractivity contribution < 1.29 is 9.53 Å². The van der Waals surface area contributed by atoms with Crippen LogP contribution in [0.5, 0.6) is 0 Å². The van der Waals surface area contributed by atoms with Gasteiger partial charge in [0.1, 0.15) is 0 Å². The summed E-state index contributed by atoms with van der Waals surface area (Å²) >= 11 is 0. The monoisotopic (exact) mass is 268 g/mol. The maximum absolute atomic E-state index is 12.0. The molecule has 0 aliphatic carbocycles. The Labute approximate surface area is 118 Å². The zero-order valence-electron chi connectivity index (χ0n) is 11.2. The Morgan fingerprint density at radius 1 is 1.05 bits per heavy atom. The van der Waals surface area contributed by atoms with Crippen LogP contribution in [0.25, 0.3) is 0 Å². The minimum atomic E-state index is -0.442. The molecule has 0 spiro atoms. The van der Waals surface area contributed by atoms with Crippen LogP contribution in [0, 0.1) is 0 Å². The fourth-order valence-corrected chi connectivity index (χ4v) is 1.66. The Bertz CT molecular complexity index is 580. The number of rotatable bonds is 5. The summed E-state index contributed by atoms with van der Waals surface area (Å²) in [6.45, 7) is 2.08. The van der Waals surface area contributed by atoms with Gasteiger partial charge in [-0.1, -0.05) is 48.5 Å². The molecule has 2 rings (SSSR count). The van der Waals surface area contributed by atoms with Gasteiger partial charge in [0.2, 0.25) is 0 Å². The number of ether oxygens (including phenoxy) is 1.